The first-order valence-electron chi connectivity index (χ1n) is 22.3. The molecule has 15 nitrogen and oxygen atoms in total. The van der Waals surface area contributed by atoms with Gasteiger partial charge in [-0.1, -0.05) is 41.0 Å². The van der Waals surface area contributed by atoms with E-state index in [1.165, 1.54) is 14.0 Å². The van der Waals surface area contributed by atoms with E-state index < -0.39 is 83.4 Å². The summed E-state index contributed by atoms with van der Waals surface area (Å²) in [6.45, 7) is 17.9. The van der Waals surface area contributed by atoms with Crippen LogP contribution >= 0.6 is 0 Å². The van der Waals surface area contributed by atoms with E-state index in [4.69, 9.17) is 23.7 Å². The molecule has 15 heteroatoms. The first-order chi connectivity index (χ1) is 28.9. The van der Waals surface area contributed by atoms with Crippen molar-refractivity contribution in [2.45, 2.75) is 168 Å². The number of imidazole rings is 1. The predicted octanol–water partition coefficient (Wildman–Crippen LogP) is 6.10. The summed E-state index contributed by atoms with van der Waals surface area (Å²) in [5.74, 6) is -4.94. The zero-order valence-electron chi connectivity index (χ0n) is 38.2. The van der Waals surface area contributed by atoms with E-state index >= 15 is 0 Å². The minimum atomic E-state index is -1.40. The van der Waals surface area contributed by atoms with Crippen LogP contribution < -0.4 is 0 Å². The van der Waals surface area contributed by atoms with Crippen molar-refractivity contribution in [3.05, 3.63) is 37.1 Å². The van der Waals surface area contributed by atoms with Gasteiger partial charge in [0.05, 0.1) is 35.9 Å². The van der Waals surface area contributed by atoms with Gasteiger partial charge < -0.3 is 43.2 Å². The number of ketones is 2. The Morgan fingerprint density at radius 1 is 1.00 bits per heavy atom. The van der Waals surface area contributed by atoms with Gasteiger partial charge in [0.1, 0.15) is 23.9 Å². The van der Waals surface area contributed by atoms with Gasteiger partial charge in [0.2, 0.25) is 0 Å². The Balaban J connectivity index is 1.43. The highest BCUT2D eigenvalue weighted by atomic mass is 16.7. The average molecular weight is 854 g/mol. The lowest BCUT2D eigenvalue weighted by molar-refractivity contribution is -0.296. The van der Waals surface area contributed by atoms with Crippen LogP contribution in [0.25, 0.3) is 11.3 Å². The smallest absolute Gasteiger partial charge is 0.410 e. The number of amides is 1. The molecule has 3 aliphatic rings. The SMILES string of the molecule is CCCCN(C)[C@H]1C[C@@H](C)O[C@@H](O[C@@H]2[C@@H](C)C(=O)[C@@H](C)C(=O)O[C@H](CC)[C@@]3(C)OC(=O)N(CCCCn4cnc(-c5cccnc5)c4)[C@H]3[C@@H](C)C(=O)[C@H](C)C[C@@]2(C)OC)[C@@H]1O. The molecule has 0 spiro atoms. The Kier molecular flexibility index (Phi) is 16.3. The summed E-state index contributed by atoms with van der Waals surface area (Å²) in [5.41, 5.74) is -0.942. The number of cyclic esters (lactones) is 1. The summed E-state index contributed by atoms with van der Waals surface area (Å²) >= 11 is 0. The second-order valence-corrected chi connectivity index (χ2v) is 18.2. The molecule has 340 valence electrons. The van der Waals surface area contributed by atoms with Crippen LogP contribution in [0.2, 0.25) is 0 Å². The number of aromatic nitrogens is 3. The third-order valence-electron chi connectivity index (χ3n) is 13.6. The van der Waals surface area contributed by atoms with E-state index in [-0.39, 0.29) is 30.8 Å². The summed E-state index contributed by atoms with van der Waals surface area (Å²) < 4.78 is 33.5. The minimum absolute atomic E-state index is 0.132. The normalized spacial score (nSPS) is 35.5. The summed E-state index contributed by atoms with van der Waals surface area (Å²) in [7, 11) is 3.49. The third-order valence-corrected chi connectivity index (χ3v) is 13.6. The number of esters is 1. The average Bonchev–Trinajstić information content (AvgIpc) is 3.83. The van der Waals surface area contributed by atoms with E-state index in [0.29, 0.717) is 32.4 Å². The Bertz CT molecular complexity index is 1790. The van der Waals surface area contributed by atoms with Crippen LogP contribution in [0.3, 0.4) is 0 Å². The Hall–Kier alpha value is -3.76. The molecule has 0 saturated carbocycles. The summed E-state index contributed by atoms with van der Waals surface area (Å²) in [6, 6.07) is 2.77. The van der Waals surface area contributed by atoms with Gasteiger partial charge in [-0.2, -0.15) is 0 Å². The molecule has 3 fully saturated rings. The molecule has 13 atom stereocenters. The lowest BCUT2D eigenvalue weighted by Crippen LogP contribution is -2.60. The molecule has 3 saturated heterocycles. The second kappa shape index (κ2) is 20.6. The fourth-order valence-electron chi connectivity index (χ4n) is 9.93. The number of rotatable bonds is 14. The maximum atomic E-state index is 14.8. The largest absolute Gasteiger partial charge is 0.458 e. The highest BCUT2D eigenvalue weighted by molar-refractivity contribution is 6.00. The van der Waals surface area contributed by atoms with E-state index in [2.05, 4.69) is 21.8 Å². The number of carbonyl (C=O) groups is 4. The van der Waals surface area contributed by atoms with Crippen LogP contribution in [0.1, 0.15) is 107 Å². The number of Topliss-reactive ketones (excluding diaryl/α,β-unsaturated/α-hetero) is 2. The lowest BCUT2D eigenvalue weighted by atomic mass is 9.73. The fraction of sp³-hybridized carbons (Fsp3) is 0.739. The zero-order chi connectivity index (χ0) is 44.8. The quantitative estimate of drug-likeness (QED) is 0.132. The topological polar surface area (TPSA) is 172 Å². The molecule has 0 bridgehead atoms. The van der Waals surface area contributed by atoms with Crippen molar-refractivity contribution in [3.63, 3.8) is 0 Å². The number of carbonyl (C=O) groups excluding carboxylic acids is 4. The maximum absolute atomic E-state index is 14.8. The Morgan fingerprint density at radius 3 is 2.38 bits per heavy atom. The van der Waals surface area contributed by atoms with Gasteiger partial charge in [-0.15, -0.1) is 0 Å². The van der Waals surface area contributed by atoms with Gasteiger partial charge in [0.15, 0.2) is 17.7 Å². The number of pyridine rings is 1. The minimum Gasteiger partial charge on any atom is -0.458 e. The monoisotopic (exact) mass is 854 g/mol. The van der Waals surface area contributed by atoms with Gasteiger partial charge in [-0.3, -0.25) is 19.4 Å². The molecule has 5 heterocycles. The molecule has 2 aromatic heterocycles. The number of methoxy groups -OCH3 is 1. The Morgan fingerprint density at radius 2 is 1.72 bits per heavy atom. The molecule has 2 aromatic rings. The van der Waals surface area contributed by atoms with Gasteiger partial charge in [0.25, 0.3) is 0 Å². The van der Waals surface area contributed by atoms with Crippen molar-refractivity contribution < 1.29 is 48.0 Å². The van der Waals surface area contributed by atoms with Crippen LogP contribution in [-0.2, 0) is 44.6 Å². The van der Waals surface area contributed by atoms with Crippen LogP contribution in [-0.4, -0.2) is 134 Å². The van der Waals surface area contributed by atoms with Gasteiger partial charge in [-0.05, 0) is 91.9 Å². The molecule has 0 radical (unpaired) electrons. The first-order valence-corrected chi connectivity index (χ1v) is 22.3. The number of hydrogen-bond donors (Lipinski definition) is 1. The predicted molar refractivity (Wildman–Crippen MR) is 228 cm³/mol. The molecule has 0 aromatic carbocycles. The number of aryl methyl sites for hydroxylation is 1. The highest BCUT2D eigenvalue weighted by Gasteiger charge is 2.60. The number of hydrogen-bond acceptors (Lipinski definition) is 13. The Labute approximate surface area is 362 Å². The molecule has 0 unspecified atom stereocenters. The van der Waals surface area contributed by atoms with Crippen molar-refractivity contribution >= 4 is 23.6 Å². The van der Waals surface area contributed by atoms with Crippen molar-refractivity contribution in [2.24, 2.45) is 23.7 Å². The molecular weight excluding hydrogens is 783 g/mol. The van der Waals surface area contributed by atoms with Crippen molar-refractivity contribution in [1.82, 2.24) is 24.3 Å². The maximum Gasteiger partial charge on any atom is 0.410 e. The number of unbranched alkanes of at least 4 members (excludes halogenated alkanes) is 2. The summed E-state index contributed by atoms with van der Waals surface area (Å²) in [4.78, 5) is 69.6. The van der Waals surface area contributed by atoms with E-state index in [1.807, 2.05) is 50.7 Å². The number of likely N-dealkylation sites (N-methyl/N-ethyl adjacent to an activating group) is 1. The number of nitrogens with zero attached hydrogens (tertiary/aromatic N) is 5. The molecular formula is C46H71N5O10. The van der Waals surface area contributed by atoms with Crippen LogP contribution in [0.5, 0.6) is 0 Å². The second-order valence-electron chi connectivity index (χ2n) is 18.2. The van der Waals surface area contributed by atoms with Crippen molar-refractivity contribution in [2.75, 3.05) is 27.2 Å². The standard InChI is InChI=1S/C46H71N5O10/c1-12-14-20-49(10)35-23-29(4)58-43(39(35)54)60-41-31(6)38(53)32(7)42(55)59-36(13-2)46(9)40(30(5)37(52)28(3)24-45(41,8)57-11)51(44(56)61-46)22-16-15-21-50-26-34(48-27-50)33-18-17-19-47-25-33/h17-19,25-32,35-36,39-41,43,54H,12-16,20-24H2,1-11H3/t28-,29-,30+,31+,32-,35+,36-,39-,40+,41-,43+,45-,46-/m1/s1. The molecule has 0 aliphatic carbocycles. The number of ether oxygens (including phenoxy) is 5. The molecule has 1 amide bonds. The van der Waals surface area contributed by atoms with Crippen molar-refractivity contribution in [3.8, 4) is 11.3 Å². The molecule has 1 N–H and O–H groups in total. The third kappa shape index (κ3) is 10.5. The van der Waals surface area contributed by atoms with Crippen molar-refractivity contribution in [1.29, 1.82) is 0 Å². The summed E-state index contributed by atoms with van der Waals surface area (Å²) in [5, 5.41) is 11.7. The van der Waals surface area contributed by atoms with E-state index in [1.54, 1.807) is 51.3 Å². The van der Waals surface area contributed by atoms with Gasteiger partial charge in [0, 0.05) is 68.1 Å². The van der Waals surface area contributed by atoms with Crippen LogP contribution in [0, 0.1) is 23.7 Å². The van der Waals surface area contributed by atoms with E-state index in [9.17, 15) is 24.3 Å². The van der Waals surface area contributed by atoms with E-state index in [0.717, 1.165) is 30.6 Å². The van der Waals surface area contributed by atoms with Gasteiger partial charge in [-0.25, -0.2) is 9.78 Å². The van der Waals surface area contributed by atoms with Gasteiger partial charge >= 0.3 is 12.1 Å². The first kappa shape index (κ1) is 48.3. The molecule has 5 rings (SSSR count). The number of aliphatic hydroxyl groups excluding tert-OH is 1. The zero-order valence-corrected chi connectivity index (χ0v) is 38.2. The molecule has 61 heavy (non-hydrogen) atoms. The summed E-state index contributed by atoms with van der Waals surface area (Å²) in [6.07, 6.45) is 6.47. The number of aliphatic hydroxyl groups is 1. The molecule has 3 aliphatic heterocycles. The van der Waals surface area contributed by atoms with Crippen LogP contribution in [0.4, 0.5) is 4.79 Å². The fourth-order valence-corrected chi connectivity index (χ4v) is 9.93. The highest BCUT2D eigenvalue weighted by Crippen LogP contribution is 2.43. The van der Waals surface area contributed by atoms with Crippen LogP contribution in [0.15, 0.2) is 37.1 Å². The lowest BCUT2D eigenvalue weighted by Gasteiger charge is -2.47. The number of fused-ring (bicyclic) bond motifs is 1.